The SMILES string of the molecule is C=N/C(=C\c1cc(-c2cnn(C)c2)ccc1C)NC(=O)c1ccc2occc2c1. The average molecular weight is 384 g/mol. The molecule has 6 heteroatoms. The first kappa shape index (κ1) is 18.4. The Balaban J connectivity index is 1.61. The summed E-state index contributed by atoms with van der Waals surface area (Å²) in [4.78, 5) is 16.7. The molecule has 0 unspecified atom stereocenters. The molecule has 0 saturated heterocycles. The highest BCUT2D eigenvalue weighted by Gasteiger charge is 2.10. The molecule has 2 heterocycles. The van der Waals surface area contributed by atoms with E-state index in [2.05, 4.69) is 22.1 Å². The van der Waals surface area contributed by atoms with E-state index in [1.165, 1.54) is 0 Å². The monoisotopic (exact) mass is 384 g/mol. The van der Waals surface area contributed by atoms with Crippen molar-refractivity contribution in [3.63, 3.8) is 0 Å². The fourth-order valence-electron chi connectivity index (χ4n) is 3.11. The van der Waals surface area contributed by atoms with E-state index < -0.39 is 0 Å². The summed E-state index contributed by atoms with van der Waals surface area (Å²) in [5.74, 6) is 0.126. The van der Waals surface area contributed by atoms with Gasteiger partial charge in [0.15, 0.2) is 0 Å². The number of aromatic nitrogens is 2. The third-order valence-corrected chi connectivity index (χ3v) is 4.74. The summed E-state index contributed by atoms with van der Waals surface area (Å²) < 4.78 is 7.08. The molecule has 4 rings (SSSR count). The number of furan rings is 1. The molecule has 6 nitrogen and oxygen atoms in total. The summed E-state index contributed by atoms with van der Waals surface area (Å²) in [6.07, 6.45) is 7.19. The zero-order valence-corrected chi connectivity index (χ0v) is 16.2. The molecule has 0 saturated carbocycles. The minimum atomic E-state index is -0.257. The number of aryl methyl sites for hydroxylation is 2. The minimum Gasteiger partial charge on any atom is -0.464 e. The number of nitrogens with zero attached hydrogens (tertiary/aromatic N) is 3. The first-order chi connectivity index (χ1) is 14.0. The van der Waals surface area contributed by atoms with Gasteiger partial charge in [0.1, 0.15) is 11.4 Å². The van der Waals surface area contributed by atoms with Crippen LogP contribution in [0.25, 0.3) is 28.2 Å². The predicted octanol–water partition coefficient (Wildman–Crippen LogP) is 4.57. The molecule has 0 atom stereocenters. The van der Waals surface area contributed by atoms with Gasteiger partial charge in [-0.3, -0.25) is 9.48 Å². The van der Waals surface area contributed by atoms with Gasteiger partial charge >= 0.3 is 0 Å². The number of aliphatic imine (C=N–C) groups is 1. The number of hydrogen-bond donors (Lipinski definition) is 1. The summed E-state index contributed by atoms with van der Waals surface area (Å²) in [5.41, 5.74) is 5.33. The molecule has 0 bridgehead atoms. The van der Waals surface area contributed by atoms with Gasteiger partial charge in [-0.2, -0.15) is 5.10 Å². The van der Waals surface area contributed by atoms with Gasteiger partial charge in [-0.1, -0.05) is 12.1 Å². The fourth-order valence-corrected chi connectivity index (χ4v) is 3.11. The molecule has 1 amide bonds. The molecule has 0 aliphatic rings. The summed E-state index contributed by atoms with van der Waals surface area (Å²) in [5, 5.41) is 7.92. The Bertz CT molecular complexity index is 1250. The molecule has 0 radical (unpaired) electrons. The Kier molecular flexibility index (Phi) is 4.83. The van der Waals surface area contributed by atoms with Gasteiger partial charge in [0.05, 0.1) is 12.5 Å². The van der Waals surface area contributed by atoms with Gasteiger partial charge in [0, 0.05) is 29.8 Å². The molecule has 0 aliphatic carbocycles. The maximum absolute atomic E-state index is 12.7. The predicted molar refractivity (Wildman–Crippen MR) is 115 cm³/mol. The number of carbonyl (C=O) groups is 1. The second-order valence-electron chi connectivity index (χ2n) is 6.79. The molecule has 0 fully saturated rings. The van der Waals surface area contributed by atoms with Crippen LogP contribution in [0.3, 0.4) is 0 Å². The summed E-state index contributed by atoms with van der Waals surface area (Å²) in [6.45, 7) is 5.61. The van der Waals surface area contributed by atoms with Crippen LogP contribution in [0.4, 0.5) is 0 Å². The van der Waals surface area contributed by atoms with E-state index in [1.54, 1.807) is 29.1 Å². The normalized spacial score (nSPS) is 11.6. The minimum absolute atomic E-state index is 0.257. The molecule has 4 aromatic rings. The van der Waals surface area contributed by atoms with E-state index in [1.807, 2.05) is 56.7 Å². The van der Waals surface area contributed by atoms with Crippen molar-refractivity contribution in [1.29, 1.82) is 0 Å². The van der Waals surface area contributed by atoms with Crippen molar-refractivity contribution in [3.05, 3.63) is 83.6 Å². The highest BCUT2D eigenvalue weighted by molar-refractivity contribution is 5.99. The van der Waals surface area contributed by atoms with E-state index in [0.29, 0.717) is 11.4 Å². The smallest absolute Gasteiger partial charge is 0.256 e. The number of nitrogens with one attached hydrogen (secondary N) is 1. The Labute approximate surface area is 168 Å². The number of amides is 1. The van der Waals surface area contributed by atoms with E-state index >= 15 is 0 Å². The van der Waals surface area contributed by atoms with Crippen molar-refractivity contribution in [1.82, 2.24) is 15.1 Å². The second kappa shape index (κ2) is 7.59. The van der Waals surface area contributed by atoms with Crippen LogP contribution in [0.1, 0.15) is 21.5 Å². The summed E-state index contributed by atoms with van der Waals surface area (Å²) in [7, 11) is 1.88. The fraction of sp³-hybridized carbons (Fsp3) is 0.0870. The van der Waals surface area contributed by atoms with Crippen molar-refractivity contribution >= 4 is 29.7 Å². The van der Waals surface area contributed by atoms with Gasteiger partial charge in [-0.05, 0) is 66.7 Å². The van der Waals surface area contributed by atoms with Crippen molar-refractivity contribution in [3.8, 4) is 11.1 Å². The zero-order chi connectivity index (χ0) is 20.4. The van der Waals surface area contributed by atoms with Gasteiger partial charge in [0.2, 0.25) is 0 Å². The lowest BCUT2D eigenvalue weighted by Crippen LogP contribution is -2.21. The highest BCUT2D eigenvalue weighted by Crippen LogP contribution is 2.23. The Hall–Kier alpha value is -3.93. The van der Waals surface area contributed by atoms with Gasteiger partial charge in [-0.15, -0.1) is 0 Å². The molecule has 29 heavy (non-hydrogen) atoms. The van der Waals surface area contributed by atoms with Crippen LogP contribution in [0.15, 0.2) is 76.4 Å². The maximum atomic E-state index is 12.7. The van der Waals surface area contributed by atoms with Gasteiger partial charge in [0.25, 0.3) is 5.91 Å². The van der Waals surface area contributed by atoms with Crippen LogP contribution in [0, 0.1) is 6.92 Å². The van der Waals surface area contributed by atoms with Gasteiger partial charge < -0.3 is 9.73 Å². The van der Waals surface area contributed by atoms with E-state index in [4.69, 9.17) is 4.42 Å². The lowest BCUT2D eigenvalue weighted by molar-refractivity contribution is 0.0966. The molecule has 2 aromatic heterocycles. The Morgan fingerprint density at radius 1 is 1.21 bits per heavy atom. The van der Waals surface area contributed by atoms with Crippen LogP contribution >= 0.6 is 0 Å². The van der Waals surface area contributed by atoms with E-state index in [-0.39, 0.29) is 5.91 Å². The lowest BCUT2D eigenvalue weighted by Gasteiger charge is -2.08. The number of carbonyl (C=O) groups excluding carboxylic acids is 1. The number of fused-ring (bicyclic) bond motifs is 1. The van der Waals surface area contributed by atoms with Crippen LogP contribution in [0.5, 0.6) is 0 Å². The lowest BCUT2D eigenvalue weighted by atomic mass is 10.0. The van der Waals surface area contributed by atoms with Crippen molar-refractivity contribution < 1.29 is 9.21 Å². The molecule has 0 aliphatic heterocycles. The first-order valence-electron chi connectivity index (χ1n) is 9.10. The summed E-state index contributed by atoms with van der Waals surface area (Å²) in [6, 6.07) is 13.2. The number of benzene rings is 2. The number of hydrogen-bond acceptors (Lipinski definition) is 4. The molecule has 2 aromatic carbocycles. The third-order valence-electron chi connectivity index (χ3n) is 4.74. The topological polar surface area (TPSA) is 72.4 Å². The molecule has 0 spiro atoms. The van der Waals surface area contributed by atoms with Crippen molar-refractivity contribution in [2.45, 2.75) is 6.92 Å². The largest absolute Gasteiger partial charge is 0.464 e. The van der Waals surface area contributed by atoms with Crippen molar-refractivity contribution in [2.75, 3.05) is 0 Å². The Morgan fingerprint density at radius 2 is 2.07 bits per heavy atom. The van der Waals surface area contributed by atoms with Crippen LogP contribution in [0.2, 0.25) is 0 Å². The maximum Gasteiger partial charge on any atom is 0.256 e. The van der Waals surface area contributed by atoms with Gasteiger partial charge in [-0.25, -0.2) is 4.99 Å². The second-order valence-corrected chi connectivity index (χ2v) is 6.79. The van der Waals surface area contributed by atoms with Crippen LogP contribution in [-0.4, -0.2) is 22.4 Å². The first-order valence-corrected chi connectivity index (χ1v) is 9.10. The quantitative estimate of drug-likeness (QED) is 0.512. The average Bonchev–Trinajstić information content (AvgIpc) is 3.37. The number of rotatable bonds is 5. The standard InChI is InChI=1S/C23H20N4O2/c1-15-4-5-16(20-13-25-27(3)14-20)10-19(15)12-22(24-2)26-23(28)18-6-7-21-17(11-18)8-9-29-21/h4-14H,2H2,1,3H3,(H,26,28)/b22-12+. The van der Waals surface area contributed by atoms with Crippen LogP contribution in [-0.2, 0) is 7.05 Å². The van der Waals surface area contributed by atoms with E-state index in [0.717, 1.165) is 33.2 Å². The molecular formula is C23H20N4O2. The molecule has 144 valence electrons. The van der Waals surface area contributed by atoms with Crippen LogP contribution < -0.4 is 5.32 Å². The highest BCUT2D eigenvalue weighted by atomic mass is 16.3. The Morgan fingerprint density at radius 3 is 2.83 bits per heavy atom. The van der Waals surface area contributed by atoms with E-state index in [9.17, 15) is 4.79 Å². The molecule has 1 N–H and O–H groups in total. The molecular weight excluding hydrogens is 364 g/mol. The zero-order valence-electron chi connectivity index (χ0n) is 16.2. The third kappa shape index (κ3) is 3.87. The summed E-state index contributed by atoms with van der Waals surface area (Å²) >= 11 is 0. The van der Waals surface area contributed by atoms with Crippen molar-refractivity contribution in [2.24, 2.45) is 12.0 Å².